The van der Waals surface area contributed by atoms with Crippen LogP contribution in [0.1, 0.15) is 0 Å². The lowest BCUT2D eigenvalue weighted by molar-refractivity contribution is 0.0249. The maximum atomic E-state index is 10.6. The fourth-order valence-electron chi connectivity index (χ4n) is 1.81. The zero-order valence-electron chi connectivity index (χ0n) is 9.35. The van der Waals surface area contributed by atoms with E-state index in [9.17, 15) is 4.79 Å². The first-order chi connectivity index (χ1) is 8.61. The summed E-state index contributed by atoms with van der Waals surface area (Å²) in [5.41, 5.74) is 6.11. The number of hydrogen-bond donors (Lipinski definition) is 2. The van der Waals surface area contributed by atoms with Gasteiger partial charge in [0.2, 0.25) is 5.95 Å². The van der Waals surface area contributed by atoms with Gasteiger partial charge < -0.3 is 20.5 Å². The third-order valence-electron chi connectivity index (χ3n) is 2.74. The van der Waals surface area contributed by atoms with E-state index in [1.807, 2.05) is 0 Å². The molecule has 0 bridgehead atoms. The van der Waals surface area contributed by atoms with E-state index in [0.717, 1.165) is 0 Å². The summed E-state index contributed by atoms with van der Waals surface area (Å²) in [5.74, 6) is 0.815. The van der Waals surface area contributed by atoms with Crippen LogP contribution in [0, 0.1) is 0 Å². The number of carbonyl (C=O) groups is 1. The molecule has 1 amide bonds. The minimum Gasteiger partial charge on any atom is -0.485 e. The smallest absolute Gasteiger partial charge is 0.407 e. The predicted octanol–water partition coefficient (Wildman–Crippen LogP) is 0.0525. The molecule has 3 heterocycles. The van der Waals surface area contributed by atoms with E-state index in [2.05, 4.69) is 10.1 Å². The number of ether oxygens (including phenoxy) is 1. The van der Waals surface area contributed by atoms with Gasteiger partial charge in [0.1, 0.15) is 11.9 Å². The van der Waals surface area contributed by atoms with Gasteiger partial charge in [-0.1, -0.05) is 0 Å². The van der Waals surface area contributed by atoms with Gasteiger partial charge in [-0.25, -0.2) is 9.31 Å². The lowest BCUT2D eigenvalue weighted by Crippen LogP contribution is -2.55. The molecule has 1 fully saturated rings. The van der Waals surface area contributed by atoms with E-state index in [-0.39, 0.29) is 12.1 Å². The highest BCUT2D eigenvalue weighted by molar-refractivity contribution is 5.66. The van der Waals surface area contributed by atoms with Crippen molar-refractivity contribution in [3.8, 4) is 5.75 Å². The Balaban J connectivity index is 1.70. The van der Waals surface area contributed by atoms with Gasteiger partial charge in [-0.2, -0.15) is 4.98 Å². The fraction of sp³-hybridized carbons (Fsp3) is 0.300. The molecule has 0 unspecified atom stereocenters. The van der Waals surface area contributed by atoms with Crippen molar-refractivity contribution in [2.45, 2.75) is 6.10 Å². The van der Waals surface area contributed by atoms with Gasteiger partial charge in [-0.15, -0.1) is 5.10 Å². The molecule has 8 heteroatoms. The molecule has 3 rings (SSSR count). The molecule has 18 heavy (non-hydrogen) atoms. The Morgan fingerprint density at radius 3 is 3.00 bits per heavy atom. The highest BCUT2D eigenvalue weighted by Crippen LogP contribution is 2.18. The summed E-state index contributed by atoms with van der Waals surface area (Å²) in [6.07, 6.45) is 0.635. The van der Waals surface area contributed by atoms with Crippen molar-refractivity contribution in [3.63, 3.8) is 0 Å². The van der Waals surface area contributed by atoms with Gasteiger partial charge in [0.25, 0.3) is 0 Å². The number of pyridine rings is 1. The number of nitrogens with two attached hydrogens (primary N) is 1. The molecule has 2 aromatic heterocycles. The van der Waals surface area contributed by atoms with Crippen LogP contribution in [-0.4, -0.2) is 49.9 Å². The molecule has 2 aromatic rings. The Morgan fingerprint density at radius 1 is 1.50 bits per heavy atom. The maximum Gasteiger partial charge on any atom is 0.407 e. The van der Waals surface area contributed by atoms with Gasteiger partial charge in [0, 0.05) is 0 Å². The largest absolute Gasteiger partial charge is 0.485 e. The number of carboxylic acid groups (broad SMARTS) is 1. The van der Waals surface area contributed by atoms with Gasteiger partial charge in [0.15, 0.2) is 5.65 Å². The fourth-order valence-corrected chi connectivity index (χ4v) is 1.81. The average molecular weight is 249 g/mol. The number of hydrogen-bond acceptors (Lipinski definition) is 5. The van der Waals surface area contributed by atoms with Crippen LogP contribution in [-0.2, 0) is 0 Å². The minimum atomic E-state index is -0.922. The first-order valence-electron chi connectivity index (χ1n) is 5.38. The predicted molar refractivity (Wildman–Crippen MR) is 61.4 cm³/mol. The number of amides is 1. The Morgan fingerprint density at radius 2 is 2.28 bits per heavy atom. The normalized spacial score (nSPS) is 15.7. The molecule has 8 nitrogen and oxygen atoms in total. The summed E-state index contributed by atoms with van der Waals surface area (Å²) in [4.78, 5) is 15.9. The standard InChI is InChI=1S/C10H11N5O3/c11-9-12-8-2-1-6(5-15(8)13-9)18-7-3-14(4-7)10(16)17/h1-2,5,7H,3-4H2,(H2,11,13)(H,16,17). The lowest BCUT2D eigenvalue weighted by Gasteiger charge is -2.36. The van der Waals surface area contributed by atoms with Gasteiger partial charge in [-0.05, 0) is 12.1 Å². The molecule has 0 radical (unpaired) electrons. The van der Waals surface area contributed by atoms with Crippen LogP contribution >= 0.6 is 0 Å². The maximum absolute atomic E-state index is 10.6. The van der Waals surface area contributed by atoms with Crippen molar-refractivity contribution in [2.24, 2.45) is 0 Å². The van der Waals surface area contributed by atoms with Crippen molar-refractivity contribution in [3.05, 3.63) is 18.3 Å². The molecule has 1 saturated heterocycles. The Kier molecular flexibility index (Phi) is 2.22. The highest BCUT2D eigenvalue weighted by atomic mass is 16.5. The third kappa shape index (κ3) is 1.77. The number of aromatic nitrogens is 3. The summed E-state index contributed by atoms with van der Waals surface area (Å²) >= 11 is 0. The quantitative estimate of drug-likeness (QED) is 0.779. The number of anilines is 1. The highest BCUT2D eigenvalue weighted by Gasteiger charge is 2.32. The van der Waals surface area contributed by atoms with Crippen molar-refractivity contribution >= 4 is 17.7 Å². The van der Waals surface area contributed by atoms with Crippen LogP contribution in [0.15, 0.2) is 18.3 Å². The number of rotatable bonds is 2. The van der Waals surface area contributed by atoms with E-state index in [4.69, 9.17) is 15.6 Å². The Bertz CT molecular complexity index is 605. The van der Waals surface area contributed by atoms with Crippen molar-refractivity contribution in [1.29, 1.82) is 0 Å². The molecule has 0 atom stereocenters. The second-order valence-corrected chi connectivity index (χ2v) is 4.06. The molecule has 94 valence electrons. The summed E-state index contributed by atoms with van der Waals surface area (Å²) in [7, 11) is 0. The molecule has 0 saturated carbocycles. The van der Waals surface area contributed by atoms with E-state index < -0.39 is 6.09 Å². The van der Waals surface area contributed by atoms with E-state index in [1.165, 1.54) is 9.42 Å². The number of nitrogen functional groups attached to an aromatic ring is 1. The van der Waals surface area contributed by atoms with Gasteiger partial charge in [0.05, 0.1) is 19.3 Å². The van der Waals surface area contributed by atoms with Crippen molar-refractivity contribution in [2.75, 3.05) is 18.8 Å². The van der Waals surface area contributed by atoms with E-state index in [0.29, 0.717) is 24.5 Å². The van der Waals surface area contributed by atoms with Crippen molar-refractivity contribution < 1.29 is 14.6 Å². The van der Waals surface area contributed by atoms with Crippen LogP contribution in [0.3, 0.4) is 0 Å². The summed E-state index contributed by atoms with van der Waals surface area (Å²) in [6, 6.07) is 3.50. The minimum absolute atomic E-state index is 0.112. The SMILES string of the molecule is Nc1nc2ccc(OC3CN(C(=O)O)C3)cn2n1. The topological polar surface area (TPSA) is 106 Å². The van der Waals surface area contributed by atoms with Crippen LogP contribution in [0.25, 0.3) is 5.65 Å². The number of nitrogens with zero attached hydrogens (tertiary/aromatic N) is 4. The Hall–Kier alpha value is -2.51. The van der Waals surface area contributed by atoms with Crippen LogP contribution in [0.5, 0.6) is 5.75 Å². The Labute approximate surface area is 102 Å². The third-order valence-corrected chi connectivity index (χ3v) is 2.74. The lowest BCUT2D eigenvalue weighted by atomic mass is 10.2. The molecular weight excluding hydrogens is 238 g/mol. The molecule has 0 aromatic carbocycles. The van der Waals surface area contributed by atoms with Crippen LogP contribution in [0.4, 0.5) is 10.7 Å². The molecular formula is C10H11N5O3. The summed E-state index contributed by atoms with van der Waals surface area (Å²) in [6.45, 7) is 0.764. The molecule has 3 N–H and O–H groups in total. The van der Waals surface area contributed by atoms with Gasteiger partial charge >= 0.3 is 6.09 Å². The number of fused-ring (bicyclic) bond motifs is 1. The molecule has 1 aliphatic rings. The monoisotopic (exact) mass is 249 g/mol. The molecule has 0 aliphatic carbocycles. The van der Waals surface area contributed by atoms with E-state index >= 15 is 0 Å². The summed E-state index contributed by atoms with van der Waals surface area (Å²) < 4.78 is 7.14. The molecule has 0 spiro atoms. The van der Waals surface area contributed by atoms with Crippen LogP contribution < -0.4 is 10.5 Å². The summed E-state index contributed by atoms with van der Waals surface area (Å²) in [5, 5.41) is 12.7. The first kappa shape index (κ1) is 10.6. The second-order valence-electron chi connectivity index (χ2n) is 4.06. The van der Waals surface area contributed by atoms with Gasteiger partial charge in [-0.3, -0.25) is 0 Å². The number of likely N-dealkylation sites (tertiary alicyclic amines) is 1. The average Bonchev–Trinajstić information content (AvgIpc) is 2.61. The van der Waals surface area contributed by atoms with Crippen molar-refractivity contribution in [1.82, 2.24) is 19.5 Å². The zero-order chi connectivity index (χ0) is 12.7. The second kappa shape index (κ2) is 3.76. The zero-order valence-corrected chi connectivity index (χ0v) is 9.35. The first-order valence-corrected chi connectivity index (χ1v) is 5.38. The van der Waals surface area contributed by atoms with Crippen LogP contribution in [0.2, 0.25) is 0 Å². The molecule has 1 aliphatic heterocycles. The van der Waals surface area contributed by atoms with E-state index in [1.54, 1.807) is 18.3 Å².